The molecule has 1 fully saturated rings. The molecule has 8 nitrogen and oxygen atoms in total. The zero-order chi connectivity index (χ0) is 20.6. The fraction of sp³-hybridized carbons (Fsp3) is 0.300. The molecule has 9 heteroatoms. The molecule has 2 aliphatic rings. The number of hydrogen-bond acceptors (Lipinski definition) is 5. The third-order valence-corrected chi connectivity index (χ3v) is 6.96. The van der Waals surface area contributed by atoms with Crippen molar-refractivity contribution in [2.24, 2.45) is 0 Å². The smallest absolute Gasteiger partial charge is 0.265 e. The summed E-state index contributed by atoms with van der Waals surface area (Å²) in [6.45, 7) is 2.67. The third kappa shape index (κ3) is 3.70. The Bertz CT molecular complexity index is 1050. The van der Waals surface area contributed by atoms with Crippen LogP contribution in [-0.2, 0) is 14.8 Å². The van der Waals surface area contributed by atoms with E-state index in [0.717, 1.165) is 0 Å². The summed E-state index contributed by atoms with van der Waals surface area (Å²) in [6.07, 6.45) is -0.625. The van der Waals surface area contributed by atoms with Crippen LogP contribution in [0.4, 0.5) is 5.69 Å². The van der Waals surface area contributed by atoms with Gasteiger partial charge in [-0.05, 0) is 37.3 Å². The van der Waals surface area contributed by atoms with Crippen molar-refractivity contribution < 1.29 is 22.7 Å². The molecule has 4 rings (SSSR count). The first-order chi connectivity index (χ1) is 13.9. The van der Waals surface area contributed by atoms with E-state index in [-0.39, 0.29) is 29.8 Å². The van der Waals surface area contributed by atoms with Crippen molar-refractivity contribution in [2.75, 3.05) is 31.5 Å². The summed E-state index contributed by atoms with van der Waals surface area (Å²) in [6, 6.07) is 13.4. The summed E-state index contributed by atoms with van der Waals surface area (Å²) in [5.74, 6) is 0.0137. The average molecular weight is 415 g/mol. The van der Waals surface area contributed by atoms with Gasteiger partial charge >= 0.3 is 0 Å². The van der Waals surface area contributed by atoms with Crippen LogP contribution in [0.25, 0.3) is 0 Å². The van der Waals surface area contributed by atoms with Crippen molar-refractivity contribution in [1.82, 2.24) is 9.21 Å². The minimum absolute atomic E-state index is 0.0811. The maximum atomic E-state index is 13.0. The molecule has 2 aliphatic heterocycles. The van der Waals surface area contributed by atoms with E-state index in [1.54, 1.807) is 42.2 Å². The number of benzene rings is 2. The topological polar surface area (TPSA) is 96.0 Å². The summed E-state index contributed by atoms with van der Waals surface area (Å²) in [5, 5.41) is 2.67. The van der Waals surface area contributed by atoms with Gasteiger partial charge in [0.1, 0.15) is 5.75 Å². The van der Waals surface area contributed by atoms with E-state index >= 15 is 0 Å². The number of carbonyl (C=O) groups excluding carboxylic acids is 2. The van der Waals surface area contributed by atoms with Crippen molar-refractivity contribution in [3.8, 4) is 5.75 Å². The Hall–Kier alpha value is -2.91. The average Bonchev–Trinajstić information content (AvgIpc) is 2.74. The molecule has 0 aliphatic carbocycles. The number of amides is 2. The van der Waals surface area contributed by atoms with Gasteiger partial charge in [-0.3, -0.25) is 9.59 Å². The predicted octanol–water partition coefficient (Wildman–Crippen LogP) is 1.55. The highest BCUT2D eigenvalue weighted by atomic mass is 32.2. The summed E-state index contributed by atoms with van der Waals surface area (Å²) in [4.78, 5) is 26.1. The SMILES string of the molecule is C[C@@H]1Oc2ccc(S(=O)(=O)N3CCN(C(=O)c4ccccc4)CC3)cc2NC1=O. The highest BCUT2D eigenvalue weighted by Gasteiger charge is 2.32. The number of carbonyl (C=O) groups is 2. The molecular weight excluding hydrogens is 394 g/mol. The molecule has 2 aromatic rings. The van der Waals surface area contributed by atoms with Crippen LogP contribution in [0.15, 0.2) is 53.4 Å². The number of nitrogens with zero attached hydrogens (tertiary/aromatic N) is 2. The predicted molar refractivity (Wildman–Crippen MR) is 106 cm³/mol. The van der Waals surface area contributed by atoms with Crippen molar-refractivity contribution >= 4 is 27.5 Å². The largest absolute Gasteiger partial charge is 0.479 e. The highest BCUT2D eigenvalue weighted by molar-refractivity contribution is 7.89. The van der Waals surface area contributed by atoms with E-state index < -0.39 is 16.1 Å². The lowest BCUT2D eigenvalue weighted by Gasteiger charge is -2.34. The van der Waals surface area contributed by atoms with Gasteiger partial charge in [-0.15, -0.1) is 0 Å². The van der Waals surface area contributed by atoms with Gasteiger partial charge in [0, 0.05) is 31.7 Å². The maximum absolute atomic E-state index is 13.0. The van der Waals surface area contributed by atoms with Crippen LogP contribution in [0.3, 0.4) is 0 Å². The zero-order valence-electron chi connectivity index (χ0n) is 15.9. The van der Waals surface area contributed by atoms with Crippen LogP contribution in [-0.4, -0.2) is 61.7 Å². The lowest BCUT2D eigenvalue weighted by molar-refractivity contribution is -0.122. The molecule has 152 valence electrons. The standard InChI is InChI=1S/C20H21N3O5S/c1-14-19(24)21-17-13-16(7-8-18(17)28-14)29(26,27)23-11-9-22(10-12-23)20(25)15-5-3-2-4-6-15/h2-8,13-14H,9-12H2,1H3,(H,21,24)/t14-/m0/s1. The van der Waals surface area contributed by atoms with E-state index in [0.29, 0.717) is 30.1 Å². The molecule has 0 saturated carbocycles. The molecule has 0 unspecified atom stereocenters. The van der Waals surface area contributed by atoms with E-state index in [2.05, 4.69) is 5.32 Å². The Morgan fingerprint density at radius 3 is 2.45 bits per heavy atom. The van der Waals surface area contributed by atoms with Crippen LogP contribution < -0.4 is 10.1 Å². The Labute approximate surface area is 169 Å². The molecule has 0 spiro atoms. The number of nitrogens with one attached hydrogen (secondary N) is 1. The van der Waals surface area contributed by atoms with Crippen LogP contribution in [0.5, 0.6) is 5.75 Å². The third-order valence-electron chi connectivity index (χ3n) is 5.07. The molecule has 2 aromatic carbocycles. The van der Waals surface area contributed by atoms with Gasteiger partial charge < -0.3 is 15.0 Å². The van der Waals surface area contributed by atoms with Crippen LogP contribution in [0.1, 0.15) is 17.3 Å². The van der Waals surface area contributed by atoms with Gasteiger partial charge in [0.25, 0.3) is 11.8 Å². The summed E-state index contributed by atoms with van der Waals surface area (Å²) >= 11 is 0. The second-order valence-corrected chi connectivity index (χ2v) is 8.91. The van der Waals surface area contributed by atoms with E-state index in [9.17, 15) is 18.0 Å². The molecular formula is C20H21N3O5S. The van der Waals surface area contributed by atoms with Crippen LogP contribution in [0, 0.1) is 0 Å². The maximum Gasteiger partial charge on any atom is 0.265 e. The van der Waals surface area contributed by atoms with Gasteiger partial charge in [-0.25, -0.2) is 8.42 Å². The van der Waals surface area contributed by atoms with Crippen molar-refractivity contribution in [3.05, 3.63) is 54.1 Å². The Morgan fingerprint density at radius 1 is 1.07 bits per heavy atom. The number of anilines is 1. The molecule has 0 radical (unpaired) electrons. The van der Waals surface area contributed by atoms with Crippen molar-refractivity contribution in [1.29, 1.82) is 0 Å². The monoisotopic (exact) mass is 415 g/mol. The first kappa shape index (κ1) is 19.4. The number of sulfonamides is 1. The van der Waals surface area contributed by atoms with Gasteiger partial charge in [-0.2, -0.15) is 4.31 Å². The molecule has 2 heterocycles. The lowest BCUT2D eigenvalue weighted by Crippen LogP contribution is -2.50. The van der Waals surface area contributed by atoms with Gasteiger partial charge in [-0.1, -0.05) is 18.2 Å². The quantitative estimate of drug-likeness (QED) is 0.821. The Morgan fingerprint density at radius 2 is 1.76 bits per heavy atom. The second-order valence-electron chi connectivity index (χ2n) is 6.97. The Kier molecular flexibility index (Phi) is 5.01. The Balaban J connectivity index is 1.48. The first-order valence-electron chi connectivity index (χ1n) is 9.32. The molecule has 1 N–H and O–H groups in total. The zero-order valence-corrected chi connectivity index (χ0v) is 16.7. The molecule has 1 saturated heterocycles. The number of piperazine rings is 1. The lowest BCUT2D eigenvalue weighted by atomic mass is 10.2. The van der Waals surface area contributed by atoms with E-state index in [1.807, 2.05) is 6.07 Å². The highest BCUT2D eigenvalue weighted by Crippen LogP contribution is 2.33. The fourth-order valence-electron chi connectivity index (χ4n) is 3.39. The van der Waals surface area contributed by atoms with Crippen molar-refractivity contribution in [3.63, 3.8) is 0 Å². The van der Waals surface area contributed by atoms with E-state index in [4.69, 9.17) is 4.74 Å². The first-order valence-corrected chi connectivity index (χ1v) is 10.8. The van der Waals surface area contributed by atoms with Crippen LogP contribution in [0.2, 0.25) is 0 Å². The minimum Gasteiger partial charge on any atom is -0.479 e. The molecule has 29 heavy (non-hydrogen) atoms. The number of fused-ring (bicyclic) bond motifs is 1. The van der Waals surface area contributed by atoms with Gasteiger partial charge in [0.15, 0.2) is 6.10 Å². The second kappa shape index (κ2) is 7.49. The number of rotatable bonds is 3. The summed E-state index contributed by atoms with van der Waals surface area (Å²) in [7, 11) is -3.75. The molecule has 2 amide bonds. The van der Waals surface area contributed by atoms with E-state index in [1.165, 1.54) is 16.4 Å². The van der Waals surface area contributed by atoms with Gasteiger partial charge in [0.2, 0.25) is 10.0 Å². The summed E-state index contributed by atoms with van der Waals surface area (Å²) < 4.78 is 32.9. The van der Waals surface area contributed by atoms with Gasteiger partial charge in [0.05, 0.1) is 10.6 Å². The summed E-state index contributed by atoms with van der Waals surface area (Å²) in [5.41, 5.74) is 0.926. The van der Waals surface area contributed by atoms with Crippen molar-refractivity contribution in [2.45, 2.75) is 17.9 Å². The van der Waals surface area contributed by atoms with Crippen LogP contribution >= 0.6 is 0 Å². The number of ether oxygens (including phenoxy) is 1. The molecule has 0 aromatic heterocycles. The number of hydrogen-bond donors (Lipinski definition) is 1. The minimum atomic E-state index is -3.75. The molecule has 0 bridgehead atoms. The molecule has 1 atom stereocenters. The fourth-order valence-corrected chi connectivity index (χ4v) is 4.84. The normalized spacial score (nSPS) is 19.8.